The summed E-state index contributed by atoms with van der Waals surface area (Å²) < 4.78 is 13.4. The molecule has 0 N–H and O–H groups in total. The number of nitro groups is 1. The fourth-order valence-corrected chi connectivity index (χ4v) is 1.88. The van der Waals surface area contributed by atoms with Crippen molar-refractivity contribution in [1.29, 1.82) is 0 Å². The normalized spacial score (nSPS) is 10.2. The Labute approximate surface area is 122 Å². The van der Waals surface area contributed by atoms with Gasteiger partial charge in [-0.3, -0.25) is 10.1 Å². The maximum atomic E-state index is 13.4. The molecule has 8 heteroatoms. The third kappa shape index (κ3) is 3.06. The number of aromatic carboxylic acids is 2. The molecule has 0 aromatic heterocycles. The van der Waals surface area contributed by atoms with Crippen molar-refractivity contribution in [3.63, 3.8) is 0 Å². The topological polar surface area (TPSA) is 123 Å². The number of carboxylic acids is 2. The van der Waals surface area contributed by atoms with Gasteiger partial charge in [-0.2, -0.15) is 0 Å². The molecule has 2 aromatic rings. The van der Waals surface area contributed by atoms with Gasteiger partial charge in [-0.1, -0.05) is 0 Å². The SMILES string of the molecule is O=C([O-])c1cc(F)cc(-c2cc(C(=O)[O-])cc([N+](=O)[O-])c2)c1. The number of nitrogens with zero attached hydrogens (tertiary/aromatic N) is 1. The van der Waals surface area contributed by atoms with Gasteiger partial charge in [0.25, 0.3) is 5.69 Å². The van der Waals surface area contributed by atoms with Crippen LogP contribution in [0, 0.1) is 15.9 Å². The van der Waals surface area contributed by atoms with Gasteiger partial charge < -0.3 is 19.8 Å². The van der Waals surface area contributed by atoms with E-state index in [1.807, 2.05) is 0 Å². The summed E-state index contributed by atoms with van der Waals surface area (Å²) in [5.74, 6) is -4.19. The highest BCUT2D eigenvalue weighted by Crippen LogP contribution is 2.27. The number of rotatable bonds is 4. The molecular weight excluding hydrogens is 297 g/mol. The van der Waals surface area contributed by atoms with Gasteiger partial charge in [-0.15, -0.1) is 0 Å². The summed E-state index contributed by atoms with van der Waals surface area (Å²) in [6.07, 6.45) is 0. The van der Waals surface area contributed by atoms with Gasteiger partial charge in [-0.25, -0.2) is 4.39 Å². The molecule has 0 aliphatic heterocycles. The minimum absolute atomic E-state index is 0.0320. The van der Waals surface area contributed by atoms with E-state index in [9.17, 15) is 34.3 Å². The maximum absolute atomic E-state index is 13.4. The molecule has 0 bridgehead atoms. The molecule has 0 saturated carbocycles. The van der Waals surface area contributed by atoms with Crippen LogP contribution in [0.3, 0.4) is 0 Å². The Morgan fingerprint density at radius 2 is 1.36 bits per heavy atom. The van der Waals surface area contributed by atoms with E-state index in [2.05, 4.69) is 0 Å². The number of carbonyl (C=O) groups excluding carboxylic acids is 2. The Bertz CT molecular complexity index is 770. The quantitative estimate of drug-likeness (QED) is 0.584. The fourth-order valence-electron chi connectivity index (χ4n) is 1.88. The molecule has 112 valence electrons. The fraction of sp³-hybridized carbons (Fsp3) is 0. The number of hydrogen-bond acceptors (Lipinski definition) is 6. The standard InChI is InChI=1S/C14H8FNO6/c15-11-3-7(1-9(4-11)13(17)18)8-2-10(14(19)20)6-12(5-8)16(21)22/h1-6H,(H,17,18)(H,19,20)/p-2. The number of benzene rings is 2. The molecule has 0 radical (unpaired) electrons. The van der Waals surface area contributed by atoms with E-state index in [1.54, 1.807) is 0 Å². The third-order valence-corrected chi connectivity index (χ3v) is 2.83. The molecule has 0 spiro atoms. The van der Waals surface area contributed by atoms with Crippen molar-refractivity contribution in [2.24, 2.45) is 0 Å². The van der Waals surface area contributed by atoms with Gasteiger partial charge in [0.15, 0.2) is 0 Å². The predicted molar refractivity (Wildman–Crippen MR) is 67.2 cm³/mol. The Hall–Kier alpha value is -3.29. The molecule has 0 saturated heterocycles. The Morgan fingerprint density at radius 3 is 1.86 bits per heavy atom. The summed E-state index contributed by atoms with van der Waals surface area (Å²) in [5, 5.41) is 32.5. The van der Waals surface area contributed by atoms with E-state index >= 15 is 0 Å². The number of carboxylic acid groups (broad SMARTS) is 2. The van der Waals surface area contributed by atoms with E-state index in [-0.39, 0.29) is 11.1 Å². The molecular formula is C14H6FNO6-2. The zero-order chi connectivity index (χ0) is 16.4. The average molecular weight is 303 g/mol. The number of non-ortho nitro benzene ring substituents is 1. The molecule has 0 atom stereocenters. The van der Waals surface area contributed by atoms with Crippen molar-refractivity contribution in [2.75, 3.05) is 0 Å². The number of hydrogen-bond donors (Lipinski definition) is 0. The van der Waals surface area contributed by atoms with Crippen LogP contribution in [0.1, 0.15) is 20.7 Å². The zero-order valence-corrected chi connectivity index (χ0v) is 10.7. The Balaban J connectivity index is 2.68. The molecule has 0 amide bonds. The molecule has 2 rings (SSSR count). The molecule has 22 heavy (non-hydrogen) atoms. The monoisotopic (exact) mass is 303 g/mol. The summed E-state index contributed by atoms with van der Waals surface area (Å²) in [7, 11) is 0. The second kappa shape index (κ2) is 5.60. The van der Waals surface area contributed by atoms with Crippen LogP contribution in [-0.2, 0) is 0 Å². The minimum Gasteiger partial charge on any atom is -0.545 e. The van der Waals surface area contributed by atoms with E-state index < -0.39 is 39.5 Å². The first-order valence-corrected chi connectivity index (χ1v) is 5.81. The van der Waals surface area contributed by atoms with Crippen LogP contribution in [0.2, 0.25) is 0 Å². The van der Waals surface area contributed by atoms with Gasteiger partial charge in [0.1, 0.15) is 5.82 Å². The van der Waals surface area contributed by atoms with Gasteiger partial charge >= 0.3 is 0 Å². The minimum atomic E-state index is -1.65. The molecule has 7 nitrogen and oxygen atoms in total. The first-order valence-electron chi connectivity index (χ1n) is 5.81. The lowest BCUT2D eigenvalue weighted by atomic mass is 10.00. The number of nitro benzene ring substituents is 1. The Morgan fingerprint density at radius 1 is 0.864 bits per heavy atom. The van der Waals surface area contributed by atoms with Crippen LogP contribution in [-0.4, -0.2) is 16.9 Å². The first kappa shape index (κ1) is 15.1. The highest BCUT2D eigenvalue weighted by molar-refractivity contribution is 5.91. The van der Waals surface area contributed by atoms with Gasteiger partial charge in [0.05, 0.1) is 16.9 Å². The molecule has 0 fully saturated rings. The number of carbonyl (C=O) groups is 2. The van der Waals surface area contributed by atoms with Crippen molar-refractivity contribution < 1.29 is 29.1 Å². The highest BCUT2D eigenvalue weighted by Gasteiger charge is 2.13. The lowest BCUT2D eigenvalue weighted by Crippen LogP contribution is -2.22. The molecule has 2 aromatic carbocycles. The second-order valence-electron chi connectivity index (χ2n) is 4.33. The van der Waals surface area contributed by atoms with Crippen LogP contribution in [0.4, 0.5) is 10.1 Å². The number of halogens is 1. The van der Waals surface area contributed by atoms with Crippen molar-refractivity contribution in [3.8, 4) is 11.1 Å². The van der Waals surface area contributed by atoms with Crippen LogP contribution in [0.25, 0.3) is 11.1 Å². The van der Waals surface area contributed by atoms with Crippen LogP contribution in [0.5, 0.6) is 0 Å². The second-order valence-corrected chi connectivity index (χ2v) is 4.33. The van der Waals surface area contributed by atoms with Crippen molar-refractivity contribution in [2.45, 2.75) is 0 Å². The lowest BCUT2D eigenvalue weighted by Gasteiger charge is -2.09. The van der Waals surface area contributed by atoms with E-state index in [0.717, 1.165) is 36.4 Å². The van der Waals surface area contributed by atoms with Gasteiger partial charge in [0.2, 0.25) is 0 Å². The lowest BCUT2D eigenvalue weighted by molar-refractivity contribution is -0.384. The largest absolute Gasteiger partial charge is 0.545 e. The maximum Gasteiger partial charge on any atom is 0.270 e. The zero-order valence-electron chi connectivity index (χ0n) is 10.7. The summed E-state index contributed by atoms with van der Waals surface area (Å²) in [4.78, 5) is 31.7. The average Bonchev–Trinajstić information content (AvgIpc) is 2.45. The molecule has 0 heterocycles. The van der Waals surface area contributed by atoms with E-state index in [4.69, 9.17) is 0 Å². The first-order chi connectivity index (χ1) is 10.3. The van der Waals surface area contributed by atoms with Crippen molar-refractivity contribution in [1.82, 2.24) is 0 Å². The highest BCUT2D eigenvalue weighted by atomic mass is 19.1. The van der Waals surface area contributed by atoms with E-state index in [0.29, 0.717) is 0 Å². The van der Waals surface area contributed by atoms with Crippen LogP contribution < -0.4 is 10.2 Å². The predicted octanol–water partition coefficient (Wildman–Crippen LogP) is 0.128. The Kier molecular flexibility index (Phi) is 3.85. The smallest absolute Gasteiger partial charge is 0.270 e. The summed E-state index contributed by atoms with van der Waals surface area (Å²) in [5.41, 5.74) is -1.57. The molecule has 0 unspecified atom stereocenters. The van der Waals surface area contributed by atoms with Gasteiger partial charge in [0, 0.05) is 23.3 Å². The summed E-state index contributed by atoms with van der Waals surface area (Å²) >= 11 is 0. The summed E-state index contributed by atoms with van der Waals surface area (Å²) in [6, 6.07) is 5.48. The molecule has 0 aliphatic rings. The van der Waals surface area contributed by atoms with Gasteiger partial charge in [-0.05, 0) is 35.4 Å². The van der Waals surface area contributed by atoms with Crippen molar-refractivity contribution in [3.05, 3.63) is 63.5 Å². The van der Waals surface area contributed by atoms with E-state index in [1.165, 1.54) is 0 Å². The summed E-state index contributed by atoms with van der Waals surface area (Å²) in [6.45, 7) is 0. The van der Waals surface area contributed by atoms with Crippen LogP contribution >= 0.6 is 0 Å². The molecule has 0 aliphatic carbocycles. The van der Waals surface area contributed by atoms with Crippen LogP contribution in [0.15, 0.2) is 36.4 Å². The van der Waals surface area contributed by atoms with Crippen molar-refractivity contribution >= 4 is 17.6 Å². The third-order valence-electron chi connectivity index (χ3n) is 2.83.